The average Bonchev–Trinajstić information content (AvgIpc) is 3.26. The molecule has 190 valence electrons. The van der Waals surface area contributed by atoms with Crippen LogP contribution in [0.5, 0.6) is 5.75 Å². The van der Waals surface area contributed by atoms with E-state index in [4.69, 9.17) is 0 Å². The normalized spacial score (nSPS) is 17.5. The number of alkyl halides is 2. The van der Waals surface area contributed by atoms with Gasteiger partial charge in [-0.2, -0.15) is 25.6 Å². The van der Waals surface area contributed by atoms with E-state index >= 15 is 0 Å². The molecule has 1 aromatic heterocycles. The smallest absolute Gasteiger partial charge is 0.387 e. The Kier molecular flexibility index (Phi) is 8.90. The number of benzene rings is 1. The van der Waals surface area contributed by atoms with Crippen molar-refractivity contribution in [3.8, 4) is 17.0 Å². The van der Waals surface area contributed by atoms with Crippen molar-refractivity contribution in [2.24, 2.45) is 0 Å². The van der Waals surface area contributed by atoms with E-state index in [9.17, 15) is 18.4 Å². The number of aromatic nitrogens is 2. The van der Waals surface area contributed by atoms with E-state index in [1.165, 1.54) is 53.1 Å². The zero-order valence-corrected chi connectivity index (χ0v) is 21.1. The molecule has 2 aliphatic heterocycles. The van der Waals surface area contributed by atoms with Crippen LogP contribution >= 0.6 is 23.5 Å². The van der Waals surface area contributed by atoms with Crippen LogP contribution in [0.2, 0.25) is 0 Å². The Labute approximate surface area is 211 Å². The van der Waals surface area contributed by atoms with Gasteiger partial charge in [0.15, 0.2) is 0 Å². The third-order valence-corrected chi connectivity index (χ3v) is 8.08. The molecule has 1 N–H and O–H groups in total. The Morgan fingerprint density at radius 3 is 2.69 bits per heavy atom. The highest BCUT2D eigenvalue weighted by Crippen LogP contribution is 2.37. The maximum atomic E-state index is 13.0. The van der Waals surface area contributed by atoms with E-state index in [2.05, 4.69) is 20.1 Å². The maximum Gasteiger partial charge on any atom is 0.387 e. The number of nitrogens with zero attached hydrogens (tertiary/aromatic N) is 4. The largest absolute Gasteiger partial charge is 0.434 e. The second-order valence-electron chi connectivity index (χ2n) is 8.35. The van der Waals surface area contributed by atoms with Crippen molar-refractivity contribution in [1.82, 2.24) is 19.6 Å². The Hall–Kier alpha value is -2.31. The fraction of sp³-hybridized carbons (Fsp3) is 0.522. The number of nitrogens with one attached hydrogen (secondary N) is 1. The number of carbonyl (C=O) groups is 2. The first-order valence-corrected chi connectivity index (χ1v) is 13.9. The van der Waals surface area contributed by atoms with Crippen molar-refractivity contribution >= 4 is 41.5 Å². The molecule has 0 saturated carbocycles. The summed E-state index contributed by atoms with van der Waals surface area (Å²) in [6.07, 6.45) is 6.30. The third kappa shape index (κ3) is 6.47. The van der Waals surface area contributed by atoms with Gasteiger partial charge in [-0.3, -0.25) is 19.2 Å². The molecular formula is C23H29F2N5O3S2. The second kappa shape index (κ2) is 12.1. The lowest BCUT2D eigenvalue weighted by atomic mass is 10.1. The summed E-state index contributed by atoms with van der Waals surface area (Å²) >= 11 is 3.44. The van der Waals surface area contributed by atoms with Gasteiger partial charge in [-0.1, -0.05) is 0 Å². The summed E-state index contributed by atoms with van der Waals surface area (Å²) in [6.45, 7) is 0.0290. The van der Waals surface area contributed by atoms with Crippen LogP contribution in [-0.2, 0) is 16.1 Å². The van der Waals surface area contributed by atoms with Crippen LogP contribution in [0, 0.1) is 0 Å². The zero-order chi connectivity index (χ0) is 24.8. The molecule has 35 heavy (non-hydrogen) atoms. The van der Waals surface area contributed by atoms with Crippen molar-refractivity contribution in [3.05, 3.63) is 24.4 Å². The van der Waals surface area contributed by atoms with Gasteiger partial charge in [0.25, 0.3) is 0 Å². The minimum absolute atomic E-state index is 0.0130. The summed E-state index contributed by atoms with van der Waals surface area (Å²) in [5.74, 6) is 2.28. The van der Waals surface area contributed by atoms with E-state index < -0.39 is 6.61 Å². The number of halogens is 2. The van der Waals surface area contributed by atoms with Crippen LogP contribution in [0.15, 0.2) is 29.3 Å². The molecule has 2 aliphatic rings. The van der Waals surface area contributed by atoms with Crippen molar-refractivity contribution in [1.29, 1.82) is 0 Å². The van der Waals surface area contributed by atoms with Gasteiger partial charge in [-0.05, 0) is 48.8 Å². The number of amides is 2. The number of hydrogen-bond donors (Lipinski definition) is 1. The van der Waals surface area contributed by atoms with Crippen molar-refractivity contribution in [2.75, 3.05) is 49.3 Å². The fourth-order valence-corrected chi connectivity index (χ4v) is 6.04. The summed E-state index contributed by atoms with van der Waals surface area (Å²) in [4.78, 5) is 29.3. The summed E-state index contributed by atoms with van der Waals surface area (Å²) in [5.41, 5.74) is 0.883. The van der Waals surface area contributed by atoms with Gasteiger partial charge in [-0.15, -0.1) is 11.8 Å². The van der Waals surface area contributed by atoms with Gasteiger partial charge >= 0.3 is 6.61 Å². The molecule has 2 aromatic rings. The number of ether oxygens (including phenoxy) is 1. The highest BCUT2D eigenvalue weighted by Gasteiger charge is 2.28. The lowest BCUT2D eigenvalue weighted by Gasteiger charge is -2.40. The highest BCUT2D eigenvalue weighted by atomic mass is 32.2. The second-order valence-corrected chi connectivity index (χ2v) is 10.5. The highest BCUT2D eigenvalue weighted by molar-refractivity contribution is 7.99. The van der Waals surface area contributed by atoms with Crippen LogP contribution in [0.4, 0.5) is 14.5 Å². The molecule has 2 fully saturated rings. The van der Waals surface area contributed by atoms with Crippen LogP contribution in [0.25, 0.3) is 11.3 Å². The molecule has 0 aliphatic carbocycles. The Morgan fingerprint density at radius 1 is 1.29 bits per heavy atom. The predicted octanol–water partition coefficient (Wildman–Crippen LogP) is 3.48. The summed E-state index contributed by atoms with van der Waals surface area (Å²) < 4.78 is 32.1. The summed E-state index contributed by atoms with van der Waals surface area (Å²) in [6, 6.07) is 5.41. The quantitative estimate of drug-likeness (QED) is 0.397. The molecule has 0 bridgehead atoms. The van der Waals surface area contributed by atoms with Crippen molar-refractivity contribution < 1.29 is 23.1 Å². The fourth-order valence-electron chi connectivity index (χ4n) is 4.52. The molecule has 0 atom stereocenters. The number of piperazine rings is 1. The molecule has 12 heteroatoms. The average molecular weight is 526 g/mol. The molecule has 0 unspecified atom stereocenters. The molecule has 0 radical (unpaired) electrons. The molecule has 2 amide bonds. The maximum absolute atomic E-state index is 13.0. The number of hydrogen-bond acceptors (Lipinski definition) is 7. The topological polar surface area (TPSA) is 79.7 Å². The van der Waals surface area contributed by atoms with E-state index in [1.54, 1.807) is 12.1 Å². The first-order valence-electron chi connectivity index (χ1n) is 11.5. The minimum atomic E-state index is -3.01. The van der Waals surface area contributed by atoms with E-state index in [0.29, 0.717) is 36.8 Å². The molecule has 8 nitrogen and oxygen atoms in total. The van der Waals surface area contributed by atoms with Crippen molar-refractivity contribution in [2.45, 2.75) is 36.9 Å². The SMILES string of the molecule is CSc1ccc(OC(F)F)c(-c2nn(CC(=O)N3CCN(C4CCSCC4)CC3)cc2NC=O)c1. The first kappa shape index (κ1) is 25.8. The number of rotatable bonds is 9. The van der Waals surface area contributed by atoms with Crippen LogP contribution in [-0.4, -0.2) is 88.5 Å². The molecule has 3 heterocycles. The van der Waals surface area contributed by atoms with E-state index in [1.807, 2.05) is 22.9 Å². The van der Waals surface area contributed by atoms with Crippen LogP contribution in [0.3, 0.4) is 0 Å². The molecular weight excluding hydrogens is 496 g/mol. The molecule has 4 rings (SSSR count). The van der Waals surface area contributed by atoms with Gasteiger partial charge in [-0.25, -0.2) is 0 Å². The van der Waals surface area contributed by atoms with Crippen LogP contribution < -0.4 is 10.1 Å². The number of anilines is 1. The van der Waals surface area contributed by atoms with E-state index in [0.717, 1.165) is 18.0 Å². The standard InChI is InChI=1S/C23H29F2N5O3S2/c1-34-17-2-3-20(33-23(24)25)18(12-17)22-19(26-15-31)13-30(27-22)14-21(32)29-8-6-28(7-9-29)16-4-10-35-11-5-16/h2-3,12-13,15-16,23H,4-11,14H2,1H3,(H,26,31). The lowest BCUT2D eigenvalue weighted by Crippen LogP contribution is -2.53. The number of thioether (sulfide) groups is 2. The molecule has 0 spiro atoms. The van der Waals surface area contributed by atoms with Crippen LogP contribution in [0.1, 0.15) is 12.8 Å². The van der Waals surface area contributed by atoms with Crippen molar-refractivity contribution in [3.63, 3.8) is 0 Å². The van der Waals surface area contributed by atoms with Gasteiger partial charge < -0.3 is 15.0 Å². The minimum Gasteiger partial charge on any atom is -0.434 e. The monoisotopic (exact) mass is 525 g/mol. The van der Waals surface area contributed by atoms with Gasteiger partial charge in [0.2, 0.25) is 12.3 Å². The van der Waals surface area contributed by atoms with Gasteiger partial charge in [0, 0.05) is 48.9 Å². The number of carbonyl (C=O) groups excluding carboxylic acids is 2. The Balaban J connectivity index is 1.48. The summed E-state index contributed by atoms with van der Waals surface area (Å²) in [7, 11) is 0. The van der Waals surface area contributed by atoms with Gasteiger partial charge in [0.05, 0.1) is 5.69 Å². The lowest BCUT2D eigenvalue weighted by molar-refractivity contribution is -0.134. The third-order valence-electron chi connectivity index (χ3n) is 6.31. The predicted molar refractivity (Wildman–Crippen MR) is 134 cm³/mol. The summed E-state index contributed by atoms with van der Waals surface area (Å²) in [5, 5.41) is 7.03. The zero-order valence-electron chi connectivity index (χ0n) is 19.5. The van der Waals surface area contributed by atoms with E-state index in [-0.39, 0.29) is 23.9 Å². The molecule has 2 saturated heterocycles. The van der Waals surface area contributed by atoms with Gasteiger partial charge in [0.1, 0.15) is 18.0 Å². The Bertz CT molecular complexity index is 1020. The first-order chi connectivity index (χ1) is 17.0. The Morgan fingerprint density at radius 2 is 2.03 bits per heavy atom. The molecule has 1 aromatic carbocycles.